The van der Waals surface area contributed by atoms with E-state index in [-0.39, 0.29) is 11.9 Å². The van der Waals surface area contributed by atoms with Crippen molar-refractivity contribution in [3.8, 4) is 0 Å². The molecule has 0 bridgehead atoms. The van der Waals surface area contributed by atoms with Gasteiger partial charge >= 0.3 is 0 Å². The van der Waals surface area contributed by atoms with E-state index in [4.69, 9.17) is 18.0 Å². The molecule has 3 nitrogen and oxygen atoms in total. The number of halogens is 2. The summed E-state index contributed by atoms with van der Waals surface area (Å²) >= 11 is 13.0. The van der Waals surface area contributed by atoms with Gasteiger partial charge in [-0.05, 0) is 44.3 Å². The minimum absolute atomic E-state index is 0.00873. The molecule has 0 spiro atoms. The molecule has 0 saturated carbocycles. The fourth-order valence-corrected chi connectivity index (χ4v) is 4.29. The Morgan fingerprint density at radius 1 is 1.65 bits per heavy atom. The molecule has 3 N–H and O–H groups in total. The third-order valence-electron chi connectivity index (χ3n) is 2.18. The van der Waals surface area contributed by atoms with Crippen molar-refractivity contribution in [3.05, 3.63) is 19.2 Å². The summed E-state index contributed by atoms with van der Waals surface area (Å²) in [6, 6.07) is 1.78. The van der Waals surface area contributed by atoms with Crippen LogP contribution in [0.15, 0.2) is 13.6 Å². The van der Waals surface area contributed by atoms with E-state index in [9.17, 15) is 4.79 Å². The molecule has 1 heterocycles. The summed E-state index contributed by atoms with van der Waals surface area (Å²) in [7, 11) is 0. The van der Waals surface area contributed by atoms with Gasteiger partial charge in [-0.15, -0.1) is 11.3 Å². The van der Waals surface area contributed by atoms with Crippen LogP contribution in [0, 0.1) is 0 Å². The van der Waals surface area contributed by atoms with Crippen molar-refractivity contribution in [2.45, 2.75) is 25.8 Å². The number of nitrogens with one attached hydrogen (secondary N) is 1. The number of thiophene rings is 1. The van der Waals surface area contributed by atoms with Gasteiger partial charge in [0, 0.05) is 12.5 Å². The molecule has 94 valence electrons. The molecule has 1 rings (SSSR count). The van der Waals surface area contributed by atoms with Crippen LogP contribution in [0.3, 0.4) is 0 Å². The normalized spacial score (nSPS) is 12.2. The quantitative estimate of drug-likeness (QED) is 0.745. The Kier molecular flexibility index (Phi) is 6.05. The molecule has 0 fully saturated rings. The Balaban J connectivity index is 2.70. The predicted octanol–water partition coefficient (Wildman–Crippen LogP) is 3.46. The summed E-state index contributed by atoms with van der Waals surface area (Å²) in [6.07, 6.45) is 1.33. The van der Waals surface area contributed by atoms with Crippen molar-refractivity contribution < 1.29 is 4.79 Å². The first-order valence-electron chi connectivity index (χ1n) is 4.98. The predicted molar refractivity (Wildman–Crippen MR) is 82.7 cm³/mol. The molecule has 7 heteroatoms. The smallest absolute Gasteiger partial charge is 0.253 e. The highest BCUT2D eigenvalue weighted by atomic mass is 79.9. The average molecular weight is 400 g/mol. The van der Waals surface area contributed by atoms with Crippen molar-refractivity contribution in [2.75, 3.05) is 0 Å². The lowest BCUT2D eigenvalue weighted by molar-refractivity contribution is 0.0937. The van der Waals surface area contributed by atoms with E-state index in [0.29, 0.717) is 17.0 Å². The van der Waals surface area contributed by atoms with Gasteiger partial charge in [-0.2, -0.15) is 0 Å². The average Bonchev–Trinajstić information content (AvgIpc) is 2.56. The lowest BCUT2D eigenvalue weighted by Crippen LogP contribution is -2.37. The van der Waals surface area contributed by atoms with Gasteiger partial charge in [-0.25, -0.2) is 0 Å². The highest BCUT2D eigenvalue weighted by Gasteiger charge is 2.17. The molecule has 1 aromatic rings. The maximum Gasteiger partial charge on any atom is 0.253 e. The van der Waals surface area contributed by atoms with Gasteiger partial charge in [0.05, 0.1) is 18.1 Å². The number of hydrogen-bond donors (Lipinski definition) is 2. The van der Waals surface area contributed by atoms with Gasteiger partial charge in [0.15, 0.2) is 0 Å². The van der Waals surface area contributed by atoms with Gasteiger partial charge in [0.1, 0.15) is 0 Å². The summed E-state index contributed by atoms with van der Waals surface area (Å²) in [6.45, 7) is 1.99. The van der Waals surface area contributed by atoms with E-state index in [1.807, 2.05) is 6.92 Å². The monoisotopic (exact) mass is 398 g/mol. The maximum absolute atomic E-state index is 12.0. The van der Waals surface area contributed by atoms with E-state index in [2.05, 4.69) is 37.2 Å². The number of rotatable bonds is 5. The van der Waals surface area contributed by atoms with Crippen molar-refractivity contribution in [1.82, 2.24) is 5.32 Å². The summed E-state index contributed by atoms with van der Waals surface area (Å²) in [4.78, 5) is 12.4. The van der Waals surface area contributed by atoms with Crippen LogP contribution < -0.4 is 11.1 Å². The van der Waals surface area contributed by atoms with Gasteiger partial charge in [0.25, 0.3) is 5.91 Å². The first-order chi connectivity index (χ1) is 7.93. The summed E-state index contributed by atoms with van der Waals surface area (Å²) in [5.74, 6) is -0.109. The van der Waals surface area contributed by atoms with Crippen LogP contribution in [-0.2, 0) is 0 Å². The molecule has 0 aliphatic heterocycles. The van der Waals surface area contributed by atoms with Gasteiger partial charge in [0.2, 0.25) is 0 Å². The maximum atomic E-state index is 12.0. The Hall–Kier alpha value is 0.0200. The molecular formula is C10H12Br2N2OS2. The number of thiocarbonyl (C=S) groups is 1. The Morgan fingerprint density at radius 2 is 2.29 bits per heavy atom. The van der Waals surface area contributed by atoms with Gasteiger partial charge in [-0.1, -0.05) is 19.1 Å². The van der Waals surface area contributed by atoms with Crippen LogP contribution >= 0.6 is 55.4 Å². The third kappa shape index (κ3) is 4.65. The molecule has 0 saturated heterocycles. The highest BCUT2D eigenvalue weighted by molar-refractivity contribution is 9.12. The standard InChI is InChI=1S/C10H12Br2N2OS2/c1-2-5(3-8(13)16)14-10(15)6-4-7(11)17-9(6)12/h4-5H,2-3H2,1H3,(H2,13,16)(H,14,15). The largest absolute Gasteiger partial charge is 0.393 e. The van der Waals surface area contributed by atoms with Crippen molar-refractivity contribution >= 4 is 66.3 Å². The van der Waals surface area contributed by atoms with Crippen molar-refractivity contribution in [2.24, 2.45) is 5.73 Å². The van der Waals surface area contributed by atoms with E-state index < -0.39 is 0 Å². The third-order valence-corrected chi connectivity index (χ3v) is 4.68. The number of carbonyl (C=O) groups excluding carboxylic acids is 1. The number of nitrogens with two attached hydrogens (primary N) is 1. The van der Waals surface area contributed by atoms with Gasteiger partial charge in [-0.3, -0.25) is 4.79 Å². The van der Waals surface area contributed by atoms with Crippen LogP contribution in [0.1, 0.15) is 30.1 Å². The molecule has 17 heavy (non-hydrogen) atoms. The van der Waals surface area contributed by atoms with Crippen LogP contribution in [0.5, 0.6) is 0 Å². The minimum atomic E-state index is -0.109. The Bertz CT molecular complexity index is 434. The zero-order valence-electron chi connectivity index (χ0n) is 9.13. The van der Waals surface area contributed by atoms with Crippen LogP contribution in [0.2, 0.25) is 0 Å². The first-order valence-corrected chi connectivity index (χ1v) is 7.79. The lowest BCUT2D eigenvalue weighted by atomic mass is 10.1. The van der Waals surface area contributed by atoms with E-state index in [1.54, 1.807) is 6.07 Å². The molecule has 0 aliphatic rings. The topological polar surface area (TPSA) is 55.1 Å². The Labute approximate surface area is 126 Å². The minimum Gasteiger partial charge on any atom is -0.393 e. The van der Waals surface area contributed by atoms with Crippen molar-refractivity contribution in [3.63, 3.8) is 0 Å². The van der Waals surface area contributed by atoms with Crippen LogP contribution in [-0.4, -0.2) is 16.9 Å². The molecular weight excluding hydrogens is 388 g/mol. The Morgan fingerprint density at radius 3 is 2.71 bits per heavy atom. The summed E-state index contributed by atoms with van der Waals surface area (Å²) in [5, 5.41) is 2.92. The first kappa shape index (κ1) is 15.1. The number of amides is 1. The summed E-state index contributed by atoms with van der Waals surface area (Å²) in [5.41, 5.74) is 6.11. The van der Waals surface area contributed by atoms with E-state index in [1.165, 1.54) is 11.3 Å². The number of hydrogen-bond acceptors (Lipinski definition) is 3. The zero-order valence-corrected chi connectivity index (χ0v) is 13.9. The molecule has 1 amide bonds. The fraction of sp³-hybridized carbons (Fsp3) is 0.400. The molecule has 0 aliphatic carbocycles. The SMILES string of the molecule is CCC(CC(N)=S)NC(=O)c1cc(Br)sc1Br. The fourth-order valence-electron chi connectivity index (χ4n) is 1.30. The second-order valence-corrected chi connectivity index (χ2v) is 7.76. The molecule has 0 aromatic carbocycles. The lowest BCUT2D eigenvalue weighted by Gasteiger charge is -2.15. The molecule has 0 radical (unpaired) electrons. The van der Waals surface area contributed by atoms with Crippen LogP contribution in [0.25, 0.3) is 0 Å². The highest BCUT2D eigenvalue weighted by Crippen LogP contribution is 2.31. The molecule has 1 atom stereocenters. The molecule has 1 aromatic heterocycles. The van der Waals surface area contributed by atoms with Gasteiger partial charge < -0.3 is 11.1 Å². The molecule has 1 unspecified atom stereocenters. The second kappa shape index (κ2) is 6.82. The van der Waals surface area contributed by atoms with E-state index in [0.717, 1.165) is 14.0 Å². The summed E-state index contributed by atoms with van der Waals surface area (Å²) < 4.78 is 1.73. The van der Waals surface area contributed by atoms with Crippen LogP contribution in [0.4, 0.5) is 0 Å². The second-order valence-electron chi connectivity index (χ2n) is 3.49. The van der Waals surface area contributed by atoms with E-state index >= 15 is 0 Å². The number of carbonyl (C=O) groups is 1. The zero-order chi connectivity index (χ0) is 13.0. The van der Waals surface area contributed by atoms with Crippen molar-refractivity contribution in [1.29, 1.82) is 0 Å².